The van der Waals surface area contributed by atoms with Crippen LogP contribution < -0.4 is 14.8 Å². The Balaban J connectivity index is 1.52. The summed E-state index contributed by atoms with van der Waals surface area (Å²) >= 11 is 0. The van der Waals surface area contributed by atoms with Crippen molar-refractivity contribution in [1.29, 1.82) is 0 Å². The minimum Gasteiger partial charge on any atom is -0.490 e. The molecule has 4 heteroatoms. The van der Waals surface area contributed by atoms with Crippen LogP contribution >= 0.6 is 0 Å². The van der Waals surface area contributed by atoms with Crippen LogP contribution in [0, 0.1) is 0 Å². The summed E-state index contributed by atoms with van der Waals surface area (Å²) in [5, 5.41) is 3.59. The van der Waals surface area contributed by atoms with Gasteiger partial charge >= 0.3 is 0 Å². The van der Waals surface area contributed by atoms with E-state index < -0.39 is 0 Å². The molecule has 2 heterocycles. The average molecular weight is 290 g/mol. The van der Waals surface area contributed by atoms with Gasteiger partial charge in [0.1, 0.15) is 0 Å². The molecular weight excluding hydrogens is 264 g/mol. The Morgan fingerprint density at radius 2 is 2.00 bits per heavy atom. The third-order valence-electron chi connectivity index (χ3n) is 4.44. The van der Waals surface area contributed by atoms with E-state index in [1.807, 2.05) is 6.07 Å². The van der Waals surface area contributed by atoms with Gasteiger partial charge in [-0.05, 0) is 44.1 Å². The molecule has 2 aliphatic heterocycles. The van der Waals surface area contributed by atoms with Crippen LogP contribution in [-0.4, -0.2) is 44.3 Å². The molecule has 1 atom stereocenters. The SMILES string of the molecule is CN1CCCCC1CNCc1ccc2c(c1)OCCCO2. The summed E-state index contributed by atoms with van der Waals surface area (Å²) in [6, 6.07) is 6.95. The van der Waals surface area contributed by atoms with E-state index in [-0.39, 0.29) is 0 Å². The summed E-state index contributed by atoms with van der Waals surface area (Å²) in [6.07, 6.45) is 4.97. The number of benzene rings is 1. The van der Waals surface area contributed by atoms with E-state index in [9.17, 15) is 0 Å². The normalized spacial score (nSPS) is 22.8. The molecule has 0 amide bonds. The molecule has 3 rings (SSSR count). The largest absolute Gasteiger partial charge is 0.490 e. The quantitative estimate of drug-likeness (QED) is 0.923. The zero-order valence-corrected chi connectivity index (χ0v) is 12.9. The fraction of sp³-hybridized carbons (Fsp3) is 0.647. The molecule has 1 N–H and O–H groups in total. The zero-order chi connectivity index (χ0) is 14.5. The van der Waals surface area contributed by atoms with Crippen LogP contribution in [0.4, 0.5) is 0 Å². The number of ether oxygens (including phenoxy) is 2. The molecule has 1 fully saturated rings. The Kier molecular flexibility index (Phi) is 4.99. The second-order valence-electron chi connectivity index (χ2n) is 6.09. The Hall–Kier alpha value is -1.26. The number of rotatable bonds is 4. The lowest BCUT2D eigenvalue weighted by molar-refractivity contribution is 0.181. The van der Waals surface area contributed by atoms with E-state index in [1.54, 1.807) is 0 Å². The van der Waals surface area contributed by atoms with Gasteiger partial charge in [0.15, 0.2) is 11.5 Å². The van der Waals surface area contributed by atoms with Crippen molar-refractivity contribution in [2.24, 2.45) is 0 Å². The molecular formula is C17H26N2O2. The highest BCUT2D eigenvalue weighted by atomic mass is 16.5. The van der Waals surface area contributed by atoms with Gasteiger partial charge in [0.25, 0.3) is 0 Å². The molecule has 4 nitrogen and oxygen atoms in total. The van der Waals surface area contributed by atoms with E-state index in [1.165, 1.54) is 31.4 Å². The average Bonchev–Trinajstić information content (AvgIpc) is 2.74. The fourth-order valence-electron chi connectivity index (χ4n) is 3.10. The van der Waals surface area contributed by atoms with Gasteiger partial charge in [0.05, 0.1) is 13.2 Å². The Morgan fingerprint density at radius 1 is 1.14 bits per heavy atom. The highest BCUT2D eigenvalue weighted by molar-refractivity contribution is 5.43. The summed E-state index contributed by atoms with van der Waals surface area (Å²) in [4.78, 5) is 2.48. The number of fused-ring (bicyclic) bond motifs is 1. The Bertz CT molecular complexity index is 464. The highest BCUT2D eigenvalue weighted by Crippen LogP contribution is 2.30. The van der Waals surface area contributed by atoms with Crippen molar-refractivity contribution >= 4 is 0 Å². The van der Waals surface area contributed by atoms with Crippen molar-refractivity contribution < 1.29 is 9.47 Å². The van der Waals surface area contributed by atoms with Crippen molar-refractivity contribution in [2.75, 3.05) is 33.4 Å². The lowest BCUT2D eigenvalue weighted by Gasteiger charge is -2.32. The molecule has 0 aromatic heterocycles. The third kappa shape index (κ3) is 3.89. The molecule has 1 unspecified atom stereocenters. The third-order valence-corrected chi connectivity index (χ3v) is 4.44. The van der Waals surface area contributed by atoms with E-state index >= 15 is 0 Å². The van der Waals surface area contributed by atoms with E-state index in [0.717, 1.165) is 44.2 Å². The van der Waals surface area contributed by atoms with Crippen molar-refractivity contribution in [1.82, 2.24) is 10.2 Å². The minimum absolute atomic E-state index is 0.680. The van der Waals surface area contributed by atoms with Crippen LogP contribution in [0.15, 0.2) is 18.2 Å². The van der Waals surface area contributed by atoms with Gasteiger partial charge in [-0.1, -0.05) is 12.5 Å². The predicted octanol–water partition coefficient (Wildman–Crippen LogP) is 2.42. The maximum atomic E-state index is 5.74. The zero-order valence-electron chi connectivity index (χ0n) is 12.9. The fourth-order valence-corrected chi connectivity index (χ4v) is 3.10. The maximum absolute atomic E-state index is 5.74. The Labute approximate surface area is 127 Å². The first-order valence-corrected chi connectivity index (χ1v) is 8.12. The Morgan fingerprint density at radius 3 is 2.86 bits per heavy atom. The van der Waals surface area contributed by atoms with Crippen LogP contribution in [0.2, 0.25) is 0 Å². The molecule has 1 aromatic carbocycles. The molecule has 0 saturated carbocycles. The summed E-state index contributed by atoms with van der Waals surface area (Å²) in [7, 11) is 2.24. The van der Waals surface area contributed by atoms with Gasteiger partial charge in [-0.2, -0.15) is 0 Å². The van der Waals surface area contributed by atoms with Crippen LogP contribution in [0.3, 0.4) is 0 Å². The van der Waals surface area contributed by atoms with Crippen LogP contribution in [-0.2, 0) is 6.54 Å². The number of likely N-dealkylation sites (N-methyl/N-ethyl adjacent to an activating group) is 1. The molecule has 0 aliphatic carbocycles. The summed E-state index contributed by atoms with van der Waals surface area (Å²) < 4.78 is 11.4. The molecule has 1 saturated heterocycles. The first-order chi connectivity index (χ1) is 10.3. The minimum atomic E-state index is 0.680. The van der Waals surface area contributed by atoms with E-state index in [0.29, 0.717) is 6.04 Å². The number of hydrogen-bond donors (Lipinski definition) is 1. The molecule has 21 heavy (non-hydrogen) atoms. The smallest absolute Gasteiger partial charge is 0.161 e. The standard InChI is InChI=1S/C17H26N2O2/c1-19-8-3-2-5-15(19)13-18-12-14-6-7-16-17(11-14)21-10-4-9-20-16/h6-7,11,15,18H,2-5,8-10,12-13H2,1H3. The van der Waals surface area contributed by atoms with Crippen molar-refractivity contribution in [3.8, 4) is 11.5 Å². The lowest BCUT2D eigenvalue weighted by atomic mass is 10.0. The van der Waals surface area contributed by atoms with Crippen LogP contribution in [0.1, 0.15) is 31.2 Å². The van der Waals surface area contributed by atoms with Crippen LogP contribution in [0.25, 0.3) is 0 Å². The molecule has 116 valence electrons. The van der Waals surface area contributed by atoms with Crippen molar-refractivity contribution in [3.63, 3.8) is 0 Å². The monoisotopic (exact) mass is 290 g/mol. The summed E-state index contributed by atoms with van der Waals surface area (Å²) in [6.45, 7) is 4.68. The molecule has 0 radical (unpaired) electrons. The molecule has 0 spiro atoms. The number of piperidine rings is 1. The van der Waals surface area contributed by atoms with Crippen molar-refractivity contribution in [2.45, 2.75) is 38.3 Å². The molecule has 0 bridgehead atoms. The lowest BCUT2D eigenvalue weighted by Crippen LogP contribution is -2.42. The number of likely N-dealkylation sites (tertiary alicyclic amines) is 1. The number of hydrogen-bond acceptors (Lipinski definition) is 4. The van der Waals surface area contributed by atoms with E-state index in [4.69, 9.17) is 9.47 Å². The predicted molar refractivity (Wildman–Crippen MR) is 84.0 cm³/mol. The molecule has 2 aliphatic rings. The molecule has 1 aromatic rings. The van der Waals surface area contributed by atoms with Crippen molar-refractivity contribution in [3.05, 3.63) is 23.8 Å². The van der Waals surface area contributed by atoms with Gasteiger partial charge in [-0.3, -0.25) is 0 Å². The summed E-state index contributed by atoms with van der Waals surface area (Å²) in [5.41, 5.74) is 1.26. The highest BCUT2D eigenvalue weighted by Gasteiger charge is 2.18. The topological polar surface area (TPSA) is 33.7 Å². The van der Waals surface area contributed by atoms with Gasteiger partial charge < -0.3 is 19.7 Å². The second kappa shape index (κ2) is 7.14. The van der Waals surface area contributed by atoms with Gasteiger partial charge in [0, 0.05) is 25.6 Å². The van der Waals surface area contributed by atoms with Gasteiger partial charge in [-0.15, -0.1) is 0 Å². The summed E-state index contributed by atoms with van der Waals surface area (Å²) in [5.74, 6) is 1.77. The number of nitrogens with zero attached hydrogens (tertiary/aromatic N) is 1. The first-order valence-electron chi connectivity index (χ1n) is 8.12. The first kappa shape index (κ1) is 14.7. The van der Waals surface area contributed by atoms with Gasteiger partial charge in [-0.25, -0.2) is 0 Å². The van der Waals surface area contributed by atoms with E-state index in [2.05, 4.69) is 29.4 Å². The van der Waals surface area contributed by atoms with Gasteiger partial charge in [0.2, 0.25) is 0 Å². The second-order valence-corrected chi connectivity index (χ2v) is 6.09. The number of nitrogens with one attached hydrogen (secondary N) is 1. The maximum Gasteiger partial charge on any atom is 0.161 e. The van der Waals surface area contributed by atoms with Crippen LogP contribution in [0.5, 0.6) is 11.5 Å².